The van der Waals surface area contributed by atoms with Gasteiger partial charge in [-0.25, -0.2) is 5.09 Å². The summed E-state index contributed by atoms with van der Waals surface area (Å²) in [6.07, 6.45) is 0. The summed E-state index contributed by atoms with van der Waals surface area (Å²) in [5.74, 6) is 0.151. The normalized spacial score (nSPS) is 23.6. The first-order valence-electron chi connectivity index (χ1n) is 4.94. The first kappa shape index (κ1) is 12.4. The summed E-state index contributed by atoms with van der Waals surface area (Å²) in [6.45, 7) is 0.260. The minimum Gasteiger partial charge on any atom is -0.425 e. The topological polar surface area (TPSA) is 73.6 Å². The van der Waals surface area contributed by atoms with Crippen molar-refractivity contribution in [2.45, 2.75) is 6.92 Å². The molecule has 1 atom stereocenters. The van der Waals surface area contributed by atoms with Crippen molar-refractivity contribution in [2.24, 2.45) is 0 Å². The summed E-state index contributed by atoms with van der Waals surface area (Å²) < 4.78 is 10.7. The van der Waals surface area contributed by atoms with Crippen molar-refractivity contribution >= 4 is 24.1 Å². The first-order chi connectivity index (χ1) is 8.00. The van der Waals surface area contributed by atoms with Crippen molar-refractivity contribution in [3.8, 4) is 5.75 Å². The molecule has 0 spiro atoms. The van der Waals surface area contributed by atoms with Crippen LogP contribution in [-0.4, -0.2) is 18.1 Å². The molecule has 6 nitrogen and oxygen atoms in total. The van der Waals surface area contributed by atoms with Gasteiger partial charge in [0.1, 0.15) is 0 Å². The van der Waals surface area contributed by atoms with Gasteiger partial charge in [-0.2, -0.15) is 0 Å². The summed E-state index contributed by atoms with van der Waals surface area (Å²) in [6, 6.07) is 4.73. The molecule has 1 fully saturated rings. The molecule has 8 heteroatoms. The van der Waals surface area contributed by atoms with Crippen LogP contribution in [0.1, 0.15) is 5.56 Å². The molecule has 92 valence electrons. The van der Waals surface area contributed by atoms with Crippen LogP contribution in [0.5, 0.6) is 5.75 Å². The van der Waals surface area contributed by atoms with E-state index in [1.807, 2.05) is 0 Å². The fourth-order valence-corrected chi connectivity index (χ4v) is 3.49. The predicted octanol–water partition coefficient (Wildman–Crippen LogP) is 2.13. The van der Waals surface area contributed by atoms with Crippen LogP contribution in [0.15, 0.2) is 18.2 Å². The van der Waals surface area contributed by atoms with E-state index < -0.39 is 11.6 Å². The van der Waals surface area contributed by atoms with E-state index in [0.29, 0.717) is 13.2 Å². The summed E-state index contributed by atoms with van der Waals surface area (Å²) >= 11 is 5.16. The predicted molar refractivity (Wildman–Crippen MR) is 66.7 cm³/mol. The van der Waals surface area contributed by atoms with Gasteiger partial charge >= 0.3 is 12.3 Å². The fraction of sp³-hybridized carbons (Fsp3) is 0.333. The molecule has 1 aromatic carbocycles. The van der Waals surface area contributed by atoms with Crippen molar-refractivity contribution < 1.29 is 14.0 Å². The molecule has 0 saturated carbocycles. The molecular formula is C9H11N2O4PS. The Morgan fingerprint density at radius 1 is 1.65 bits per heavy atom. The van der Waals surface area contributed by atoms with Gasteiger partial charge in [0.15, 0.2) is 0 Å². The Kier molecular flexibility index (Phi) is 3.44. The number of benzene rings is 1. The summed E-state index contributed by atoms with van der Waals surface area (Å²) in [7, 11) is 0. The Balaban J connectivity index is 2.32. The highest BCUT2D eigenvalue weighted by molar-refractivity contribution is 8.09. The number of hydrogen-bond donors (Lipinski definition) is 1. The van der Waals surface area contributed by atoms with E-state index >= 15 is 0 Å². The van der Waals surface area contributed by atoms with Gasteiger partial charge in [0.2, 0.25) is 5.75 Å². The number of nitro benzene ring substituents is 1. The van der Waals surface area contributed by atoms with Gasteiger partial charge in [-0.3, -0.25) is 10.1 Å². The second-order valence-electron chi connectivity index (χ2n) is 3.56. The summed E-state index contributed by atoms with van der Waals surface area (Å²) in [4.78, 5) is 10.4. The third-order valence-electron chi connectivity index (χ3n) is 2.20. The smallest absolute Gasteiger partial charge is 0.313 e. The van der Waals surface area contributed by atoms with Crippen molar-refractivity contribution in [1.29, 1.82) is 0 Å². The lowest BCUT2D eigenvalue weighted by Gasteiger charge is -2.16. The molecule has 1 saturated heterocycles. The third-order valence-corrected chi connectivity index (χ3v) is 4.70. The van der Waals surface area contributed by atoms with Gasteiger partial charge in [0.05, 0.1) is 11.5 Å². The van der Waals surface area contributed by atoms with Gasteiger partial charge in [-0.15, -0.1) is 0 Å². The van der Waals surface area contributed by atoms with E-state index in [4.69, 9.17) is 20.9 Å². The number of nitrogens with one attached hydrogen (secondary N) is 1. The summed E-state index contributed by atoms with van der Waals surface area (Å²) in [5.41, 5.74) is 0.702. The fourth-order valence-electron chi connectivity index (χ4n) is 1.43. The minimum absolute atomic E-state index is 0.0912. The highest BCUT2D eigenvalue weighted by Gasteiger charge is 2.28. The lowest BCUT2D eigenvalue weighted by Crippen LogP contribution is -2.07. The van der Waals surface area contributed by atoms with Gasteiger partial charge < -0.3 is 9.05 Å². The minimum atomic E-state index is -2.59. The Hall–Kier alpha value is -1.01. The maximum Gasteiger partial charge on any atom is 0.313 e. The number of aryl methyl sites for hydroxylation is 1. The average molecular weight is 274 g/mol. The molecule has 0 bridgehead atoms. The van der Waals surface area contributed by atoms with Crippen LogP contribution >= 0.6 is 6.64 Å². The van der Waals surface area contributed by atoms with Crippen LogP contribution in [0.2, 0.25) is 0 Å². The first-order valence-corrected chi connectivity index (χ1v) is 7.58. The van der Waals surface area contributed by atoms with Crippen molar-refractivity contribution in [2.75, 3.05) is 13.2 Å². The Morgan fingerprint density at radius 2 is 2.41 bits per heavy atom. The molecule has 1 unspecified atom stereocenters. The monoisotopic (exact) mass is 274 g/mol. The maximum absolute atomic E-state index is 10.9. The number of hydrogen-bond acceptors (Lipinski definition) is 5. The Labute approximate surface area is 103 Å². The largest absolute Gasteiger partial charge is 0.425 e. The molecule has 1 aliphatic rings. The Morgan fingerprint density at radius 3 is 3.00 bits per heavy atom. The van der Waals surface area contributed by atoms with Crippen molar-refractivity contribution in [1.82, 2.24) is 5.09 Å². The SMILES string of the molecule is Cc1ccc(OP2(=S)NCCO2)c([N+](=O)[O-])c1. The molecule has 2 rings (SSSR count). The van der Waals surface area contributed by atoms with Crippen molar-refractivity contribution in [3.05, 3.63) is 33.9 Å². The maximum atomic E-state index is 10.9. The highest BCUT2D eigenvalue weighted by atomic mass is 32.5. The quantitative estimate of drug-likeness (QED) is 0.517. The van der Waals surface area contributed by atoms with Crippen LogP contribution in [0.4, 0.5) is 5.69 Å². The number of rotatable bonds is 3. The molecule has 1 N–H and O–H groups in total. The molecule has 1 heterocycles. The zero-order valence-corrected chi connectivity index (χ0v) is 10.8. The van der Waals surface area contributed by atoms with Crippen LogP contribution < -0.4 is 9.61 Å². The highest BCUT2D eigenvalue weighted by Crippen LogP contribution is 2.49. The van der Waals surface area contributed by atoms with Crippen molar-refractivity contribution in [3.63, 3.8) is 0 Å². The van der Waals surface area contributed by atoms with Crippen LogP contribution in [0.3, 0.4) is 0 Å². The molecular weight excluding hydrogens is 263 g/mol. The van der Waals surface area contributed by atoms with E-state index in [2.05, 4.69) is 5.09 Å². The zero-order valence-electron chi connectivity index (χ0n) is 9.08. The standard InChI is InChI=1S/C9H11N2O4PS/c1-7-2-3-9(8(6-7)11(12)13)15-16(17)10-4-5-14-16/h2-3,6H,4-5H2,1H3,(H,10,17). The van der Waals surface area contributed by atoms with E-state index in [0.717, 1.165) is 5.56 Å². The van der Waals surface area contributed by atoms with E-state index in [1.54, 1.807) is 19.1 Å². The van der Waals surface area contributed by atoms with Gasteiger partial charge in [-0.1, -0.05) is 6.07 Å². The molecule has 0 amide bonds. The molecule has 0 radical (unpaired) electrons. The molecule has 1 aliphatic heterocycles. The van der Waals surface area contributed by atoms with Crippen LogP contribution in [0.25, 0.3) is 0 Å². The molecule has 0 aromatic heterocycles. The van der Waals surface area contributed by atoms with Gasteiger partial charge in [-0.05, 0) is 30.4 Å². The van der Waals surface area contributed by atoms with E-state index in [1.165, 1.54) is 6.07 Å². The van der Waals surface area contributed by atoms with Gasteiger partial charge in [0, 0.05) is 12.6 Å². The van der Waals surface area contributed by atoms with E-state index in [-0.39, 0.29) is 11.4 Å². The lowest BCUT2D eigenvalue weighted by molar-refractivity contribution is -0.385. The second-order valence-corrected chi connectivity index (χ2v) is 6.75. The zero-order chi connectivity index (χ0) is 12.5. The number of nitrogens with zero attached hydrogens (tertiary/aromatic N) is 1. The number of nitro groups is 1. The molecule has 1 aromatic rings. The molecule has 17 heavy (non-hydrogen) atoms. The Bertz CT molecular complexity index is 498. The van der Waals surface area contributed by atoms with Gasteiger partial charge in [0.25, 0.3) is 0 Å². The van der Waals surface area contributed by atoms with E-state index in [9.17, 15) is 10.1 Å². The summed E-state index contributed by atoms with van der Waals surface area (Å²) in [5, 5.41) is 13.8. The second kappa shape index (κ2) is 4.70. The van der Waals surface area contributed by atoms with Crippen LogP contribution in [0, 0.1) is 17.0 Å². The third kappa shape index (κ3) is 2.81. The molecule has 0 aliphatic carbocycles. The van der Waals surface area contributed by atoms with Crippen LogP contribution in [-0.2, 0) is 16.3 Å². The lowest BCUT2D eigenvalue weighted by atomic mass is 10.2. The average Bonchev–Trinajstić information content (AvgIpc) is 2.67.